The van der Waals surface area contributed by atoms with Crippen molar-refractivity contribution in [3.05, 3.63) is 30.3 Å². The highest BCUT2D eigenvalue weighted by Gasteiger charge is 2.10. The molecule has 1 amide bonds. The Kier molecular flexibility index (Phi) is 2.82. The molecule has 1 rings (SSSR count). The zero-order valence-corrected chi connectivity index (χ0v) is 6.86. The molecule has 4 heteroatoms. The molecule has 1 aromatic rings. The first-order valence-electron chi connectivity index (χ1n) is 3.26. The minimum atomic E-state index is -0.775. The average molecular weight is 184 g/mol. The Morgan fingerprint density at radius 3 is 2.42 bits per heavy atom. The Labute approximate surface area is 74.7 Å². The third-order valence-corrected chi connectivity index (χ3v) is 1.64. The van der Waals surface area contributed by atoms with Crippen LogP contribution in [0, 0.1) is 0 Å². The lowest BCUT2D eigenvalue weighted by Gasteiger charge is -2.08. The van der Waals surface area contributed by atoms with Gasteiger partial charge in [-0.25, -0.2) is 4.42 Å². The summed E-state index contributed by atoms with van der Waals surface area (Å²) in [5.41, 5.74) is 0.483. The van der Waals surface area contributed by atoms with Crippen LogP contribution in [-0.4, -0.2) is 12.2 Å². The second-order valence-electron chi connectivity index (χ2n) is 2.07. The molecule has 0 aliphatic heterocycles. The number of benzene rings is 1. The second kappa shape index (κ2) is 3.88. The van der Waals surface area contributed by atoms with Crippen molar-refractivity contribution in [1.82, 2.24) is 0 Å². The van der Waals surface area contributed by atoms with Crippen molar-refractivity contribution >= 4 is 29.7 Å². The van der Waals surface area contributed by atoms with E-state index < -0.39 is 5.91 Å². The van der Waals surface area contributed by atoms with Crippen LogP contribution in [0.2, 0.25) is 0 Å². The first kappa shape index (κ1) is 8.74. The Morgan fingerprint density at radius 2 is 1.92 bits per heavy atom. The molecular formula is C8H6ClNO2. The van der Waals surface area contributed by atoms with Crippen LogP contribution in [0.25, 0.3) is 0 Å². The maximum Gasteiger partial charge on any atom is 0.305 e. The molecule has 0 fully saturated rings. The number of rotatable bonds is 2. The van der Waals surface area contributed by atoms with Gasteiger partial charge in [-0.05, 0) is 12.1 Å². The van der Waals surface area contributed by atoms with Crippen molar-refractivity contribution in [2.75, 3.05) is 4.42 Å². The Morgan fingerprint density at radius 1 is 1.33 bits per heavy atom. The smallest absolute Gasteiger partial charge is 0.292 e. The van der Waals surface area contributed by atoms with Crippen molar-refractivity contribution in [1.29, 1.82) is 0 Å². The van der Waals surface area contributed by atoms with Gasteiger partial charge < -0.3 is 0 Å². The SMILES string of the molecule is O=CC(=O)N(Cl)c1ccccc1. The van der Waals surface area contributed by atoms with Crippen LogP contribution in [0.4, 0.5) is 5.69 Å². The molecule has 0 radical (unpaired) electrons. The molecule has 0 bridgehead atoms. The van der Waals surface area contributed by atoms with Crippen LogP contribution in [0.5, 0.6) is 0 Å². The number of anilines is 1. The molecule has 62 valence electrons. The molecule has 0 atom stereocenters. The van der Waals surface area contributed by atoms with Crippen LogP contribution in [0.1, 0.15) is 0 Å². The van der Waals surface area contributed by atoms with Crippen molar-refractivity contribution < 1.29 is 9.59 Å². The van der Waals surface area contributed by atoms with E-state index in [9.17, 15) is 9.59 Å². The van der Waals surface area contributed by atoms with Gasteiger partial charge in [-0.15, -0.1) is 0 Å². The molecule has 0 N–H and O–H groups in total. The van der Waals surface area contributed by atoms with E-state index in [0.29, 0.717) is 5.69 Å². The number of para-hydroxylation sites is 1. The predicted molar refractivity (Wildman–Crippen MR) is 45.8 cm³/mol. The zero-order valence-electron chi connectivity index (χ0n) is 6.11. The Balaban J connectivity index is 2.85. The number of halogens is 1. The quantitative estimate of drug-likeness (QED) is 0.395. The fraction of sp³-hybridized carbons (Fsp3) is 0. The van der Waals surface area contributed by atoms with Gasteiger partial charge in [0.15, 0.2) is 0 Å². The molecule has 0 aromatic heterocycles. The van der Waals surface area contributed by atoms with Crippen molar-refractivity contribution in [3.8, 4) is 0 Å². The summed E-state index contributed by atoms with van der Waals surface area (Å²) in [5.74, 6) is -0.775. The summed E-state index contributed by atoms with van der Waals surface area (Å²) in [5, 5.41) is 0. The van der Waals surface area contributed by atoms with E-state index in [1.807, 2.05) is 0 Å². The van der Waals surface area contributed by atoms with Gasteiger partial charge in [0, 0.05) is 11.8 Å². The number of aldehydes is 1. The van der Waals surface area contributed by atoms with Gasteiger partial charge in [0.25, 0.3) is 0 Å². The van der Waals surface area contributed by atoms with Gasteiger partial charge in [-0.3, -0.25) is 9.59 Å². The largest absolute Gasteiger partial charge is 0.305 e. The van der Waals surface area contributed by atoms with Gasteiger partial charge in [0.05, 0.1) is 5.69 Å². The van der Waals surface area contributed by atoms with Crippen LogP contribution in [-0.2, 0) is 9.59 Å². The highest BCUT2D eigenvalue weighted by Crippen LogP contribution is 2.14. The van der Waals surface area contributed by atoms with Crippen molar-refractivity contribution in [2.45, 2.75) is 0 Å². The molecule has 0 saturated heterocycles. The molecule has 3 nitrogen and oxygen atoms in total. The standard InChI is InChI=1S/C8H6ClNO2/c9-10(8(12)6-11)7-4-2-1-3-5-7/h1-6H. The van der Waals surface area contributed by atoms with Gasteiger partial charge in [0.1, 0.15) is 0 Å². The van der Waals surface area contributed by atoms with Gasteiger partial charge in [-0.1, -0.05) is 18.2 Å². The molecule has 0 saturated carbocycles. The van der Waals surface area contributed by atoms with Gasteiger partial charge in [-0.2, -0.15) is 0 Å². The minimum Gasteiger partial charge on any atom is -0.292 e. The number of amides is 1. The first-order valence-corrected chi connectivity index (χ1v) is 3.59. The normalized spacial score (nSPS) is 9.08. The van der Waals surface area contributed by atoms with Crippen molar-refractivity contribution in [3.63, 3.8) is 0 Å². The summed E-state index contributed by atoms with van der Waals surface area (Å²) in [6.45, 7) is 0. The van der Waals surface area contributed by atoms with Crippen LogP contribution in [0.15, 0.2) is 30.3 Å². The summed E-state index contributed by atoms with van der Waals surface area (Å²) in [6.07, 6.45) is 0.167. The summed E-state index contributed by atoms with van der Waals surface area (Å²) in [6, 6.07) is 8.51. The number of carbonyl (C=O) groups excluding carboxylic acids is 2. The molecular weight excluding hydrogens is 178 g/mol. The highest BCUT2D eigenvalue weighted by atomic mass is 35.5. The molecule has 0 spiro atoms. The summed E-state index contributed by atoms with van der Waals surface area (Å²) < 4.78 is 0.771. The lowest BCUT2D eigenvalue weighted by molar-refractivity contribution is -0.128. The topological polar surface area (TPSA) is 37.4 Å². The molecule has 12 heavy (non-hydrogen) atoms. The Bertz CT molecular complexity index is 286. The van der Waals surface area contributed by atoms with Gasteiger partial charge in [0.2, 0.25) is 6.29 Å². The number of hydrogen-bond donors (Lipinski definition) is 0. The van der Waals surface area contributed by atoms with E-state index in [2.05, 4.69) is 0 Å². The lowest BCUT2D eigenvalue weighted by atomic mass is 10.3. The zero-order chi connectivity index (χ0) is 8.97. The predicted octanol–water partition coefficient (Wildman–Crippen LogP) is 1.37. The van der Waals surface area contributed by atoms with E-state index in [1.54, 1.807) is 30.3 Å². The van der Waals surface area contributed by atoms with Crippen LogP contribution < -0.4 is 4.42 Å². The number of nitrogens with zero attached hydrogens (tertiary/aromatic N) is 1. The van der Waals surface area contributed by atoms with E-state index in [0.717, 1.165) is 4.42 Å². The fourth-order valence-corrected chi connectivity index (χ4v) is 0.885. The van der Waals surface area contributed by atoms with E-state index >= 15 is 0 Å². The van der Waals surface area contributed by atoms with Crippen LogP contribution in [0.3, 0.4) is 0 Å². The average Bonchev–Trinajstić information content (AvgIpc) is 2.17. The first-order chi connectivity index (χ1) is 5.75. The summed E-state index contributed by atoms with van der Waals surface area (Å²) in [4.78, 5) is 20.8. The van der Waals surface area contributed by atoms with Gasteiger partial charge >= 0.3 is 5.91 Å². The maximum absolute atomic E-state index is 10.7. The number of carbonyl (C=O) groups is 2. The molecule has 1 aromatic carbocycles. The summed E-state index contributed by atoms with van der Waals surface area (Å²) >= 11 is 5.51. The molecule has 0 heterocycles. The maximum atomic E-state index is 10.7. The molecule has 0 aliphatic rings. The third kappa shape index (κ3) is 1.83. The van der Waals surface area contributed by atoms with E-state index in [4.69, 9.17) is 11.8 Å². The summed E-state index contributed by atoms with van der Waals surface area (Å²) in [7, 11) is 0. The fourth-order valence-electron chi connectivity index (χ4n) is 0.732. The Hall–Kier alpha value is -1.35. The third-order valence-electron chi connectivity index (χ3n) is 1.28. The van der Waals surface area contributed by atoms with E-state index in [1.165, 1.54) is 0 Å². The monoisotopic (exact) mass is 183 g/mol. The highest BCUT2D eigenvalue weighted by molar-refractivity contribution is 6.47. The van der Waals surface area contributed by atoms with E-state index in [-0.39, 0.29) is 6.29 Å². The second-order valence-corrected chi connectivity index (χ2v) is 2.41. The number of hydrogen-bond acceptors (Lipinski definition) is 2. The molecule has 0 aliphatic carbocycles. The van der Waals surface area contributed by atoms with Crippen molar-refractivity contribution in [2.24, 2.45) is 0 Å². The van der Waals surface area contributed by atoms with Crippen LogP contribution >= 0.6 is 11.8 Å². The molecule has 0 unspecified atom stereocenters. The minimum absolute atomic E-state index is 0.167. The lowest BCUT2D eigenvalue weighted by Crippen LogP contribution is -2.21.